The number of nitrogens with one attached hydrogen (secondary N) is 1. The van der Waals surface area contributed by atoms with Gasteiger partial charge in [0.2, 0.25) is 5.91 Å². The molecule has 1 atom stereocenters. The van der Waals surface area contributed by atoms with Crippen LogP contribution in [0.4, 0.5) is 5.13 Å². The summed E-state index contributed by atoms with van der Waals surface area (Å²) in [4.78, 5) is 17.7. The highest BCUT2D eigenvalue weighted by Gasteiger charge is 2.51. The number of aliphatic hydroxyl groups is 1. The molecule has 2 aromatic carbocycles. The normalized spacial score (nSPS) is 14.4. The maximum Gasteiger partial charge on any atom is 0.236 e. The lowest BCUT2D eigenvalue weighted by Crippen LogP contribution is -2.27. The van der Waals surface area contributed by atoms with Gasteiger partial charge < -0.3 is 10.4 Å². The van der Waals surface area contributed by atoms with Crippen LogP contribution in [-0.4, -0.2) is 16.0 Å². The zero-order valence-corrected chi connectivity index (χ0v) is 18.4. The van der Waals surface area contributed by atoms with Crippen molar-refractivity contribution in [2.75, 3.05) is 5.32 Å². The van der Waals surface area contributed by atoms with Crippen LogP contribution < -0.4 is 5.32 Å². The Kier molecular flexibility index (Phi) is 8.55. The van der Waals surface area contributed by atoms with Crippen LogP contribution in [0.3, 0.4) is 0 Å². The zero-order valence-electron chi connectivity index (χ0n) is 17.6. The summed E-state index contributed by atoms with van der Waals surface area (Å²) in [5.74, 6) is -0.0196. The predicted molar refractivity (Wildman–Crippen MR) is 121 cm³/mol. The van der Waals surface area contributed by atoms with Crippen molar-refractivity contribution in [3.05, 3.63) is 82.9 Å². The zero-order chi connectivity index (χ0) is 21.3. The Morgan fingerprint density at radius 1 is 1.00 bits per heavy atom. The average molecular weight is 411 g/mol. The summed E-state index contributed by atoms with van der Waals surface area (Å²) in [6.45, 7) is 8.00. The van der Waals surface area contributed by atoms with E-state index in [1.807, 2.05) is 88.4 Å². The summed E-state index contributed by atoms with van der Waals surface area (Å²) < 4.78 is 0. The first-order chi connectivity index (χ1) is 14.2. The molecule has 1 amide bonds. The van der Waals surface area contributed by atoms with Crippen LogP contribution >= 0.6 is 11.3 Å². The lowest BCUT2D eigenvalue weighted by Gasteiger charge is -2.14. The predicted octanol–water partition coefficient (Wildman–Crippen LogP) is 5.95. The topological polar surface area (TPSA) is 62.2 Å². The van der Waals surface area contributed by atoms with Crippen molar-refractivity contribution in [1.82, 2.24) is 4.98 Å². The smallest absolute Gasteiger partial charge is 0.236 e. The van der Waals surface area contributed by atoms with Crippen molar-refractivity contribution in [2.24, 2.45) is 0 Å². The highest BCUT2D eigenvalue weighted by molar-refractivity contribution is 7.15. The van der Waals surface area contributed by atoms with E-state index in [0.29, 0.717) is 10.0 Å². The lowest BCUT2D eigenvalue weighted by molar-refractivity contribution is -0.118. The van der Waals surface area contributed by atoms with E-state index in [1.54, 1.807) is 6.20 Å². The van der Waals surface area contributed by atoms with Crippen LogP contribution in [0.2, 0.25) is 0 Å². The fraction of sp³-hybridized carbons (Fsp3) is 0.333. The third-order valence-electron chi connectivity index (χ3n) is 4.64. The van der Waals surface area contributed by atoms with Crippen LogP contribution in [0, 0.1) is 0 Å². The summed E-state index contributed by atoms with van der Waals surface area (Å²) >= 11 is 1.31. The SMILES string of the molecule is CC.CC.O=C(Nc1ncc(C(O)c2ccccc2)s1)C1(c2ccccc2)CC1. The standard InChI is InChI=1S/C20H18N2O2S.2C2H6/c23-17(14-7-3-1-4-8-14)16-13-21-19(25-16)22-18(24)20(11-12-20)15-9-5-2-6-10-15;2*1-2/h1-10,13,17,23H,11-12H2,(H,21,22,24);2*1-2H3. The van der Waals surface area contributed by atoms with Crippen molar-refractivity contribution in [3.63, 3.8) is 0 Å². The van der Waals surface area contributed by atoms with Gasteiger partial charge in [-0.05, 0) is 24.0 Å². The number of anilines is 1. The summed E-state index contributed by atoms with van der Waals surface area (Å²) in [6, 6.07) is 19.3. The van der Waals surface area contributed by atoms with Crippen molar-refractivity contribution >= 4 is 22.4 Å². The third-order valence-corrected chi connectivity index (χ3v) is 5.61. The second-order valence-electron chi connectivity index (χ2n) is 6.28. The van der Waals surface area contributed by atoms with Gasteiger partial charge in [0.25, 0.3) is 0 Å². The average Bonchev–Trinajstić information content (AvgIpc) is 3.50. The first kappa shape index (κ1) is 22.8. The van der Waals surface area contributed by atoms with E-state index in [2.05, 4.69) is 10.3 Å². The quantitative estimate of drug-likeness (QED) is 0.546. The highest BCUT2D eigenvalue weighted by atomic mass is 32.1. The molecule has 4 rings (SSSR count). The molecule has 4 nitrogen and oxygen atoms in total. The molecule has 1 aliphatic carbocycles. The first-order valence-corrected chi connectivity index (χ1v) is 11.1. The Balaban J connectivity index is 0.000000707. The minimum atomic E-state index is -0.728. The molecule has 0 bridgehead atoms. The van der Waals surface area contributed by atoms with E-state index in [9.17, 15) is 9.90 Å². The van der Waals surface area contributed by atoms with Gasteiger partial charge in [0.05, 0.1) is 10.3 Å². The highest BCUT2D eigenvalue weighted by Crippen LogP contribution is 2.49. The van der Waals surface area contributed by atoms with E-state index in [4.69, 9.17) is 0 Å². The van der Waals surface area contributed by atoms with Gasteiger partial charge >= 0.3 is 0 Å². The second-order valence-corrected chi connectivity index (χ2v) is 7.35. The summed E-state index contributed by atoms with van der Waals surface area (Å²) in [7, 11) is 0. The Morgan fingerprint density at radius 3 is 2.10 bits per heavy atom. The van der Waals surface area contributed by atoms with Gasteiger partial charge in [0, 0.05) is 6.20 Å². The Labute approximate surface area is 177 Å². The molecule has 0 aliphatic heterocycles. The second kappa shape index (κ2) is 10.9. The number of amides is 1. The van der Waals surface area contributed by atoms with Gasteiger partial charge in [-0.3, -0.25) is 4.79 Å². The number of carbonyl (C=O) groups is 1. The lowest BCUT2D eigenvalue weighted by atomic mass is 9.95. The number of hydrogen-bond acceptors (Lipinski definition) is 4. The van der Waals surface area contributed by atoms with Crippen molar-refractivity contribution in [3.8, 4) is 0 Å². The molecular formula is C24H30N2O2S. The van der Waals surface area contributed by atoms with Gasteiger partial charge in [-0.25, -0.2) is 4.98 Å². The molecular weight excluding hydrogens is 380 g/mol. The van der Waals surface area contributed by atoms with Crippen LogP contribution in [-0.2, 0) is 10.2 Å². The Bertz CT molecular complexity index is 874. The van der Waals surface area contributed by atoms with Gasteiger partial charge in [-0.15, -0.1) is 0 Å². The molecule has 3 aromatic rings. The summed E-state index contributed by atoms with van der Waals surface area (Å²) in [5.41, 5.74) is 1.44. The number of carbonyl (C=O) groups excluding carboxylic acids is 1. The van der Waals surface area contributed by atoms with Gasteiger partial charge in [-0.1, -0.05) is 99.7 Å². The minimum absolute atomic E-state index is 0.0196. The fourth-order valence-electron chi connectivity index (χ4n) is 3.02. The molecule has 0 radical (unpaired) electrons. The molecule has 154 valence electrons. The molecule has 1 aliphatic rings. The van der Waals surface area contributed by atoms with Crippen molar-refractivity contribution in [2.45, 2.75) is 52.1 Å². The van der Waals surface area contributed by atoms with E-state index >= 15 is 0 Å². The van der Waals surface area contributed by atoms with E-state index < -0.39 is 11.5 Å². The number of rotatable bonds is 5. The largest absolute Gasteiger partial charge is 0.383 e. The summed E-state index contributed by atoms with van der Waals surface area (Å²) in [5, 5.41) is 13.9. The third kappa shape index (κ3) is 5.31. The molecule has 0 spiro atoms. The number of aliphatic hydroxyl groups excluding tert-OH is 1. The molecule has 5 heteroatoms. The van der Waals surface area contributed by atoms with E-state index in [1.165, 1.54) is 11.3 Å². The molecule has 1 fully saturated rings. The molecule has 2 N–H and O–H groups in total. The summed E-state index contributed by atoms with van der Waals surface area (Å²) in [6.07, 6.45) is 2.61. The molecule has 0 saturated heterocycles. The van der Waals surface area contributed by atoms with Gasteiger partial charge in [0.1, 0.15) is 6.10 Å². The number of nitrogens with zero attached hydrogens (tertiary/aromatic N) is 1. The Hall–Kier alpha value is -2.50. The number of thiazole rings is 1. The van der Waals surface area contributed by atoms with Gasteiger partial charge in [0.15, 0.2) is 5.13 Å². The van der Waals surface area contributed by atoms with Crippen LogP contribution in [0.25, 0.3) is 0 Å². The number of aromatic nitrogens is 1. The minimum Gasteiger partial charge on any atom is -0.383 e. The van der Waals surface area contributed by atoms with E-state index in [-0.39, 0.29) is 5.91 Å². The van der Waals surface area contributed by atoms with Crippen molar-refractivity contribution in [1.29, 1.82) is 0 Å². The molecule has 1 unspecified atom stereocenters. The maximum atomic E-state index is 12.7. The fourth-order valence-corrected chi connectivity index (χ4v) is 3.84. The molecule has 29 heavy (non-hydrogen) atoms. The molecule has 1 saturated carbocycles. The monoisotopic (exact) mass is 410 g/mol. The van der Waals surface area contributed by atoms with E-state index in [0.717, 1.165) is 24.0 Å². The first-order valence-electron chi connectivity index (χ1n) is 10.2. The van der Waals surface area contributed by atoms with Crippen LogP contribution in [0.15, 0.2) is 66.9 Å². The van der Waals surface area contributed by atoms with Crippen molar-refractivity contribution < 1.29 is 9.90 Å². The van der Waals surface area contributed by atoms with Gasteiger partial charge in [-0.2, -0.15) is 0 Å². The molecule has 1 aromatic heterocycles. The molecule has 1 heterocycles. The number of hydrogen-bond donors (Lipinski definition) is 2. The van der Waals surface area contributed by atoms with Crippen LogP contribution in [0.1, 0.15) is 62.6 Å². The maximum absolute atomic E-state index is 12.7. The van der Waals surface area contributed by atoms with Crippen LogP contribution in [0.5, 0.6) is 0 Å². The Morgan fingerprint density at radius 2 is 1.55 bits per heavy atom. The number of benzene rings is 2.